The summed E-state index contributed by atoms with van der Waals surface area (Å²) in [5.74, 6) is 6.17. The summed E-state index contributed by atoms with van der Waals surface area (Å²) < 4.78 is 0. The summed E-state index contributed by atoms with van der Waals surface area (Å²) in [5.41, 5.74) is 5.09. The third-order valence-electron chi connectivity index (χ3n) is 6.65. The van der Waals surface area contributed by atoms with Gasteiger partial charge in [-0.15, -0.1) is 0 Å². The predicted molar refractivity (Wildman–Crippen MR) is 133 cm³/mol. The Kier molecular flexibility index (Phi) is 7.52. The maximum Gasteiger partial charge on any atom is 0.224 e. The van der Waals surface area contributed by atoms with E-state index >= 15 is 0 Å². The smallest absolute Gasteiger partial charge is 0.224 e. The van der Waals surface area contributed by atoms with Crippen molar-refractivity contribution < 1.29 is 9.90 Å². The summed E-state index contributed by atoms with van der Waals surface area (Å²) in [7, 11) is 0. The van der Waals surface area contributed by atoms with Crippen molar-refractivity contribution in [2.75, 3.05) is 25.0 Å². The number of anilines is 1. The molecule has 1 heterocycles. The lowest BCUT2D eigenvalue weighted by Crippen LogP contribution is -2.37. The van der Waals surface area contributed by atoms with E-state index in [-0.39, 0.29) is 11.9 Å². The van der Waals surface area contributed by atoms with Crippen LogP contribution in [0.1, 0.15) is 54.8 Å². The van der Waals surface area contributed by atoms with Crippen LogP contribution in [0.2, 0.25) is 0 Å². The first-order chi connectivity index (χ1) is 16.1. The zero-order valence-corrected chi connectivity index (χ0v) is 19.2. The van der Waals surface area contributed by atoms with E-state index in [9.17, 15) is 9.90 Å². The van der Waals surface area contributed by atoms with Gasteiger partial charge in [-0.05, 0) is 60.7 Å². The zero-order valence-electron chi connectivity index (χ0n) is 19.2. The quantitative estimate of drug-likeness (QED) is 0.344. The third kappa shape index (κ3) is 5.67. The van der Waals surface area contributed by atoms with E-state index in [0.717, 1.165) is 42.7 Å². The van der Waals surface area contributed by atoms with E-state index < -0.39 is 6.10 Å². The summed E-state index contributed by atoms with van der Waals surface area (Å²) >= 11 is 0. The van der Waals surface area contributed by atoms with Gasteiger partial charge >= 0.3 is 0 Å². The lowest BCUT2D eigenvalue weighted by molar-refractivity contribution is -0.115. The average molecular weight is 448 g/mol. The van der Waals surface area contributed by atoms with Crippen LogP contribution in [0, 0.1) is 0 Å². The second-order valence-electron chi connectivity index (χ2n) is 8.89. The third-order valence-corrected chi connectivity index (χ3v) is 6.65. The number of benzene rings is 2. The number of amides is 1. The molecule has 4 rings (SSSR count). The van der Waals surface area contributed by atoms with Gasteiger partial charge in [-0.1, -0.05) is 43.3 Å². The summed E-state index contributed by atoms with van der Waals surface area (Å²) in [4.78, 5) is 18.7. The molecule has 0 saturated carbocycles. The second-order valence-corrected chi connectivity index (χ2v) is 8.89. The first-order valence-corrected chi connectivity index (χ1v) is 11.7. The number of likely N-dealkylation sites (tertiary alicyclic amines) is 1. The molecule has 7 heteroatoms. The minimum absolute atomic E-state index is 0.0332. The maximum atomic E-state index is 11.7. The van der Waals surface area contributed by atoms with Crippen molar-refractivity contribution in [2.45, 2.75) is 50.7 Å². The topological polar surface area (TPSA) is 103 Å². The van der Waals surface area contributed by atoms with E-state index in [4.69, 9.17) is 5.84 Å². The van der Waals surface area contributed by atoms with Crippen molar-refractivity contribution in [3.63, 3.8) is 0 Å². The Balaban J connectivity index is 1.32. The van der Waals surface area contributed by atoms with Crippen LogP contribution in [0.3, 0.4) is 0 Å². The molecule has 2 aromatic rings. The first kappa shape index (κ1) is 23.1. The van der Waals surface area contributed by atoms with Crippen LogP contribution >= 0.6 is 0 Å². The molecule has 2 aromatic carbocycles. The summed E-state index contributed by atoms with van der Waals surface area (Å²) in [5, 5.41) is 17.3. The van der Waals surface area contributed by atoms with E-state index in [0.29, 0.717) is 31.0 Å². The summed E-state index contributed by atoms with van der Waals surface area (Å²) in [6.07, 6.45) is 4.39. The van der Waals surface area contributed by atoms with Gasteiger partial charge < -0.3 is 16.3 Å². The Bertz CT molecular complexity index is 1030. The molecule has 1 fully saturated rings. The number of aliphatic hydroxyl groups excluding tert-OH is 1. The highest BCUT2D eigenvalue weighted by Crippen LogP contribution is 2.34. The average Bonchev–Trinajstić information content (AvgIpc) is 3.17. The molecule has 0 bridgehead atoms. The summed E-state index contributed by atoms with van der Waals surface area (Å²) in [6.45, 7) is 4.38. The van der Waals surface area contributed by atoms with Gasteiger partial charge in [0.15, 0.2) is 0 Å². The fourth-order valence-corrected chi connectivity index (χ4v) is 4.79. The Morgan fingerprint density at radius 2 is 2.00 bits per heavy atom. The Morgan fingerprint density at radius 1 is 1.21 bits per heavy atom. The number of fused-ring (bicyclic) bond motifs is 1. The van der Waals surface area contributed by atoms with Gasteiger partial charge in [0, 0.05) is 31.3 Å². The maximum absolute atomic E-state index is 11.7. The fraction of sp³-hybridized carbons (Fsp3) is 0.423. The number of nitrogens with zero attached hydrogens (tertiary/aromatic N) is 3. The van der Waals surface area contributed by atoms with Crippen LogP contribution in [0.25, 0.3) is 0 Å². The molecular weight excluding hydrogens is 414 g/mol. The highest BCUT2D eigenvalue weighted by Gasteiger charge is 2.30. The van der Waals surface area contributed by atoms with Crippen LogP contribution in [0.15, 0.2) is 58.6 Å². The molecule has 174 valence electrons. The van der Waals surface area contributed by atoms with Crippen molar-refractivity contribution >= 4 is 23.5 Å². The molecule has 0 spiro atoms. The van der Waals surface area contributed by atoms with E-state index in [1.54, 1.807) is 6.21 Å². The van der Waals surface area contributed by atoms with Gasteiger partial charge in [-0.2, -0.15) is 5.10 Å². The number of hydrazone groups is 1. The lowest BCUT2D eigenvalue weighted by Gasteiger charge is -2.32. The number of hydrogen-bond acceptors (Lipinski definition) is 6. The Labute approximate surface area is 195 Å². The number of aliphatic imine (C=N–C) groups is 1. The van der Waals surface area contributed by atoms with Crippen LogP contribution in [0.4, 0.5) is 5.69 Å². The number of rotatable bonds is 7. The largest absolute Gasteiger partial charge is 0.390 e. The van der Waals surface area contributed by atoms with E-state index in [1.807, 2.05) is 43.3 Å². The van der Waals surface area contributed by atoms with Crippen LogP contribution in [-0.2, 0) is 11.2 Å². The molecule has 7 nitrogen and oxygen atoms in total. The number of carbonyl (C=O) groups is 1. The second kappa shape index (κ2) is 10.7. The van der Waals surface area contributed by atoms with Gasteiger partial charge in [-0.3, -0.25) is 14.7 Å². The number of piperidine rings is 1. The van der Waals surface area contributed by atoms with Crippen LogP contribution < -0.4 is 11.2 Å². The van der Waals surface area contributed by atoms with Crippen molar-refractivity contribution in [2.24, 2.45) is 15.9 Å². The van der Waals surface area contributed by atoms with Gasteiger partial charge in [0.05, 0.1) is 11.8 Å². The molecule has 2 atom stereocenters. The van der Waals surface area contributed by atoms with Gasteiger partial charge in [0.2, 0.25) is 5.91 Å². The molecule has 2 aliphatic rings. The highest BCUT2D eigenvalue weighted by molar-refractivity contribution is 6.31. The fourth-order valence-electron chi connectivity index (χ4n) is 4.79. The number of nitrogens with one attached hydrogen (secondary N) is 1. The molecular formula is C26H33N5O2. The van der Waals surface area contributed by atoms with Crippen LogP contribution in [0.5, 0.6) is 0 Å². The molecule has 1 amide bonds. The Morgan fingerprint density at radius 3 is 2.76 bits per heavy atom. The van der Waals surface area contributed by atoms with Crippen molar-refractivity contribution in [1.29, 1.82) is 0 Å². The number of carbonyl (C=O) groups excluding carboxylic acids is 1. The van der Waals surface area contributed by atoms with Crippen molar-refractivity contribution in [1.82, 2.24) is 4.90 Å². The minimum atomic E-state index is -0.508. The molecule has 1 saturated heterocycles. The van der Waals surface area contributed by atoms with E-state index in [1.165, 1.54) is 5.56 Å². The SMILES string of the molecule is CCC(=O)Nc1cccc(C2CCN(CC(C=N[C@@H]3c4ccccc4C[C@H]3O)=NN)CC2)c1. The van der Waals surface area contributed by atoms with E-state index in [2.05, 4.69) is 32.4 Å². The molecule has 1 aliphatic heterocycles. The normalized spacial score (nSPS) is 21.9. The van der Waals surface area contributed by atoms with Gasteiger partial charge in [0.1, 0.15) is 6.04 Å². The molecule has 0 radical (unpaired) electrons. The number of hydrogen-bond donors (Lipinski definition) is 3. The standard InChI is InChI=1S/C26H33N5O2/c1-2-25(33)29-21-8-5-7-19(14-21)18-10-12-31(13-11-18)17-22(30-27)16-28-26-23-9-4-3-6-20(23)15-24(26)32/h3-9,14,16,18,24,26,32H,2,10-13,15,17,27H2,1H3,(H,29,33)/t24-,26-/m1/s1. The molecule has 33 heavy (non-hydrogen) atoms. The lowest BCUT2D eigenvalue weighted by atomic mass is 9.89. The summed E-state index contributed by atoms with van der Waals surface area (Å²) in [6, 6.07) is 16.0. The van der Waals surface area contributed by atoms with Crippen molar-refractivity contribution in [3.8, 4) is 0 Å². The van der Waals surface area contributed by atoms with Gasteiger partial charge in [0.25, 0.3) is 0 Å². The minimum Gasteiger partial charge on any atom is -0.390 e. The van der Waals surface area contributed by atoms with Crippen molar-refractivity contribution in [3.05, 3.63) is 65.2 Å². The zero-order chi connectivity index (χ0) is 23.2. The first-order valence-electron chi connectivity index (χ1n) is 11.7. The molecule has 0 aromatic heterocycles. The molecule has 0 unspecified atom stereocenters. The number of nitrogens with two attached hydrogens (primary N) is 1. The Hall–Kier alpha value is -3.03. The molecule has 1 aliphatic carbocycles. The monoisotopic (exact) mass is 447 g/mol. The molecule has 4 N–H and O–H groups in total. The number of aliphatic hydroxyl groups is 1. The van der Waals surface area contributed by atoms with Crippen LogP contribution in [-0.4, -0.2) is 53.6 Å². The predicted octanol–water partition coefficient (Wildman–Crippen LogP) is 3.26. The van der Waals surface area contributed by atoms with Gasteiger partial charge in [-0.25, -0.2) is 0 Å². The highest BCUT2D eigenvalue weighted by atomic mass is 16.3.